The van der Waals surface area contributed by atoms with Gasteiger partial charge in [0.25, 0.3) is 0 Å². The summed E-state index contributed by atoms with van der Waals surface area (Å²) in [4.78, 5) is 0. The molecule has 0 aromatic heterocycles. The molecule has 0 saturated carbocycles. The summed E-state index contributed by atoms with van der Waals surface area (Å²) in [5.74, 6) is 0. The van der Waals surface area contributed by atoms with Gasteiger partial charge < -0.3 is 23.9 Å². The zero-order valence-electron chi connectivity index (χ0n) is 8.38. The Morgan fingerprint density at radius 1 is 1.50 bits per heavy atom. The summed E-state index contributed by atoms with van der Waals surface area (Å²) < 4.78 is 21.4. The second-order valence-electron chi connectivity index (χ2n) is 3.54. The molecule has 2 aliphatic rings. The van der Waals surface area contributed by atoms with Crippen LogP contribution in [0.5, 0.6) is 0 Å². The number of ether oxygens (including phenoxy) is 2. The second-order valence-corrected chi connectivity index (χ2v) is 3.54. The molecule has 2 bridgehead atoms. The van der Waals surface area contributed by atoms with E-state index in [9.17, 15) is 5.11 Å². The van der Waals surface area contributed by atoms with Gasteiger partial charge >= 0.3 is 7.12 Å². The lowest BCUT2D eigenvalue weighted by atomic mass is 9.81. The van der Waals surface area contributed by atoms with E-state index in [1.54, 1.807) is 0 Å². The van der Waals surface area contributed by atoms with Gasteiger partial charge in [-0.15, -0.1) is 0 Å². The molecule has 5 nitrogen and oxygen atoms in total. The Hall–Kier alpha value is -0.135. The Morgan fingerprint density at radius 3 is 2.93 bits per heavy atom. The fourth-order valence-electron chi connectivity index (χ4n) is 1.82. The number of aliphatic hydroxyl groups is 1. The molecule has 1 N–H and O–H groups in total. The Labute approximate surface area is 83.4 Å². The standard InChI is InChI=1S/C8H15BO5/c1-3-9-13-5-4-12-8(11-2)7(14-9)6(5)10/h5-8,10H,3-4H2,1-2H3/t5-,6+,7-,8+/m1/s1. The van der Waals surface area contributed by atoms with Crippen LogP contribution in [0.4, 0.5) is 0 Å². The van der Waals surface area contributed by atoms with Crippen molar-refractivity contribution in [3.05, 3.63) is 0 Å². The summed E-state index contributed by atoms with van der Waals surface area (Å²) in [6, 6.07) is 0. The largest absolute Gasteiger partial charge is 0.457 e. The number of rotatable bonds is 2. The Kier molecular flexibility index (Phi) is 3.09. The van der Waals surface area contributed by atoms with Gasteiger partial charge in [-0.25, -0.2) is 0 Å². The van der Waals surface area contributed by atoms with Gasteiger partial charge in [0.05, 0.1) is 12.7 Å². The van der Waals surface area contributed by atoms with Crippen LogP contribution < -0.4 is 0 Å². The first-order valence-corrected chi connectivity index (χ1v) is 4.89. The molecule has 2 aliphatic heterocycles. The van der Waals surface area contributed by atoms with Crippen molar-refractivity contribution < 1.29 is 23.9 Å². The zero-order chi connectivity index (χ0) is 10.1. The van der Waals surface area contributed by atoms with Crippen LogP contribution in [0.3, 0.4) is 0 Å². The van der Waals surface area contributed by atoms with Crippen LogP contribution in [0.25, 0.3) is 0 Å². The number of hydrogen-bond donors (Lipinski definition) is 1. The van der Waals surface area contributed by atoms with Gasteiger partial charge in [-0.05, 0) is 6.32 Å². The molecule has 0 amide bonds. The maximum Gasteiger partial charge on any atom is 0.457 e. The van der Waals surface area contributed by atoms with Crippen LogP contribution in [-0.2, 0) is 18.8 Å². The van der Waals surface area contributed by atoms with Gasteiger partial charge in [0.2, 0.25) is 0 Å². The van der Waals surface area contributed by atoms with Gasteiger partial charge in [0.1, 0.15) is 12.2 Å². The molecule has 0 unspecified atom stereocenters. The minimum absolute atomic E-state index is 0.255. The van der Waals surface area contributed by atoms with E-state index in [2.05, 4.69) is 0 Å². The van der Waals surface area contributed by atoms with Gasteiger partial charge in [0.15, 0.2) is 6.29 Å². The smallest absolute Gasteiger partial charge is 0.403 e. The van der Waals surface area contributed by atoms with Crippen molar-refractivity contribution in [1.29, 1.82) is 0 Å². The van der Waals surface area contributed by atoms with Gasteiger partial charge in [-0.1, -0.05) is 6.92 Å². The van der Waals surface area contributed by atoms with E-state index in [4.69, 9.17) is 18.8 Å². The van der Waals surface area contributed by atoms with E-state index < -0.39 is 18.5 Å². The molecular weight excluding hydrogens is 187 g/mol. The van der Waals surface area contributed by atoms with E-state index in [0.717, 1.165) is 6.32 Å². The minimum atomic E-state index is -0.656. The molecule has 2 fully saturated rings. The summed E-state index contributed by atoms with van der Waals surface area (Å²) in [6.07, 6.45) is -1.10. The Bertz CT molecular complexity index is 200. The highest BCUT2D eigenvalue weighted by Gasteiger charge is 2.48. The lowest BCUT2D eigenvalue weighted by molar-refractivity contribution is -0.274. The predicted octanol–water partition coefficient (Wildman–Crippen LogP) is -0.358. The number of fused-ring (bicyclic) bond motifs is 2. The normalized spacial score (nSPS) is 42.6. The monoisotopic (exact) mass is 202 g/mol. The van der Waals surface area contributed by atoms with E-state index >= 15 is 0 Å². The molecule has 0 aliphatic carbocycles. The van der Waals surface area contributed by atoms with Crippen LogP contribution >= 0.6 is 0 Å². The third-order valence-electron chi connectivity index (χ3n) is 2.61. The molecular formula is C8H15BO5. The second kappa shape index (κ2) is 4.16. The maximum absolute atomic E-state index is 9.79. The highest BCUT2D eigenvalue weighted by Crippen LogP contribution is 2.27. The molecule has 2 saturated heterocycles. The number of methoxy groups -OCH3 is 1. The minimum Gasteiger partial charge on any atom is -0.403 e. The van der Waals surface area contributed by atoms with Crippen molar-refractivity contribution >= 4 is 7.12 Å². The molecule has 2 rings (SSSR count). The molecule has 14 heavy (non-hydrogen) atoms. The van der Waals surface area contributed by atoms with Crippen molar-refractivity contribution in [2.75, 3.05) is 13.7 Å². The highest BCUT2D eigenvalue weighted by atomic mass is 16.7. The maximum atomic E-state index is 9.79. The molecule has 0 aromatic rings. The summed E-state index contributed by atoms with van der Waals surface area (Å²) in [5, 5.41) is 9.79. The lowest BCUT2D eigenvalue weighted by Gasteiger charge is -2.45. The summed E-state index contributed by atoms with van der Waals surface area (Å²) in [6.45, 7) is 2.33. The topological polar surface area (TPSA) is 57.2 Å². The van der Waals surface area contributed by atoms with Crippen molar-refractivity contribution in [3.8, 4) is 0 Å². The summed E-state index contributed by atoms with van der Waals surface area (Å²) >= 11 is 0. The van der Waals surface area contributed by atoms with E-state index in [0.29, 0.717) is 6.61 Å². The molecule has 4 atom stereocenters. The van der Waals surface area contributed by atoms with E-state index in [1.165, 1.54) is 7.11 Å². The van der Waals surface area contributed by atoms with Crippen molar-refractivity contribution in [2.24, 2.45) is 0 Å². The fourth-order valence-corrected chi connectivity index (χ4v) is 1.82. The summed E-state index contributed by atoms with van der Waals surface area (Å²) in [7, 11) is 1.28. The number of aliphatic hydroxyl groups excluding tert-OH is 1. The highest BCUT2D eigenvalue weighted by molar-refractivity contribution is 6.44. The van der Waals surface area contributed by atoms with Crippen LogP contribution in [0.1, 0.15) is 6.92 Å². The van der Waals surface area contributed by atoms with Gasteiger partial charge in [-0.3, -0.25) is 0 Å². The Balaban J connectivity index is 2.07. The molecule has 6 heteroatoms. The number of hydrogen-bond acceptors (Lipinski definition) is 5. The van der Waals surface area contributed by atoms with Gasteiger partial charge in [0, 0.05) is 7.11 Å². The first-order chi connectivity index (χ1) is 6.76. The van der Waals surface area contributed by atoms with E-state index in [1.807, 2.05) is 6.92 Å². The van der Waals surface area contributed by atoms with Crippen molar-refractivity contribution in [3.63, 3.8) is 0 Å². The van der Waals surface area contributed by atoms with Crippen LogP contribution in [0.2, 0.25) is 6.32 Å². The third kappa shape index (κ3) is 1.68. The Morgan fingerprint density at radius 2 is 2.29 bits per heavy atom. The predicted molar refractivity (Wildman–Crippen MR) is 48.7 cm³/mol. The average molecular weight is 202 g/mol. The molecule has 0 aromatic carbocycles. The summed E-state index contributed by atoms with van der Waals surface area (Å²) in [5.41, 5.74) is 0. The third-order valence-corrected chi connectivity index (χ3v) is 2.61. The first kappa shape index (κ1) is 10.4. The fraction of sp³-hybridized carbons (Fsp3) is 1.00. The van der Waals surface area contributed by atoms with Crippen LogP contribution in [0.15, 0.2) is 0 Å². The molecule has 80 valence electrons. The van der Waals surface area contributed by atoms with Crippen LogP contribution in [0, 0.1) is 0 Å². The zero-order valence-corrected chi connectivity index (χ0v) is 8.38. The van der Waals surface area contributed by atoms with Gasteiger partial charge in [-0.2, -0.15) is 0 Å². The van der Waals surface area contributed by atoms with Crippen molar-refractivity contribution in [1.82, 2.24) is 0 Å². The first-order valence-electron chi connectivity index (χ1n) is 4.89. The lowest BCUT2D eigenvalue weighted by Crippen LogP contribution is -2.62. The quantitative estimate of drug-likeness (QED) is 0.619. The molecule has 2 heterocycles. The molecule has 0 spiro atoms. The van der Waals surface area contributed by atoms with Crippen LogP contribution in [-0.4, -0.2) is 50.5 Å². The average Bonchev–Trinajstić information content (AvgIpc) is 2.18. The van der Waals surface area contributed by atoms with E-state index in [-0.39, 0.29) is 13.2 Å². The SMILES string of the molecule is CCB1O[C@H]2[C@@H](OC)OC[C@@H](O1)[C@@H]2O. The molecule has 0 radical (unpaired) electrons. The van der Waals surface area contributed by atoms with Crippen molar-refractivity contribution in [2.45, 2.75) is 37.8 Å².